The maximum Gasteiger partial charge on any atom is 0.407 e. The number of likely N-dealkylation sites (tertiary alicyclic amines) is 1. The van der Waals surface area contributed by atoms with Gasteiger partial charge in [0.2, 0.25) is 0 Å². The van der Waals surface area contributed by atoms with Gasteiger partial charge >= 0.3 is 12.1 Å². The zero-order chi connectivity index (χ0) is 25.1. The van der Waals surface area contributed by atoms with Gasteiger partial charge in [-0.2, -0.15) is 0 Å². The minimum atomic E-state index is -0.841. The van der Waals surface area contributed by atoms with Gasteiger partial charge in [0.15, 0.2) is 0 Å². The van der Waals surface area contributed by atoms with Crippen molar-refractivity contribution in [2.45, 2.75) is 30.7 Å². The molecule has 1 saturated heterocycles. The molecule has 2 aliphatic rings. The van der Waals surface area contributed by atoms with Crippen molar-refractivity contribution in [3.63, 3.8) is 0 Å². The number of aromatic nitrogens is 1. The molecule has 0 unspecified atom stereocenters. The lowest BCUT2D eigenvalue weighted by Crippen LogP contribution is -2.40. The normalized spacial score (nSPS) is 19.0. The van der Waals surface area contributed by atoms with Crippen molar-refractivity contribution in [1.82, 2.24) is 15.2 Å². The van der Waals surface area contributed by atoms with Crippen molar-refractivity contribution < 1.29 is 19.4 Å². The van der Waals surface area contributed by atoms with Gasteiger partial charge in [-0.05, 0) is 69.7 Å². The summed E-state index contributed by atoms with van der Waals surface area (Å²) in [7, 11) is 0. The molecule has 2 aromatic carbocycles. The molecule has 1 amide bonds. The van der Waals surface area contributed by atoms with Gasteiger partial charge in [-0.25, -0.2) is 4.79 Å². The Bertz CT molecular complexity index is 1200. The summed E-state index contributed by atoms with van der Waals surface area (Å²) in [6.07, 6.45) is 2.62. The fourth-order valence-electron chi connectivity index (χ4n) is 5.47. The van der Waals surface area contributed by atoms with Crippen LogP contribution >= 0.6 is 15.9 Å². The van der Waals surface area contributed by atoms with Gasteiger partial charge in [0.05, 0.1) is 0 Å². The number of benzene rings is 2. The van der Waals surface area contributed by atoms with Crippen LogP contribution in [0, 0.1) is 0 Å². The van der Waals surface area contributed by atoms with Crippen LogP contribution in [0.2, 0.25) is 0 Å². The number of ether oxygens (including phenoxy) is 1. The van der Waals surface area contributed by atoms with E-state index >= 15 is 0 Å². The molecule has 36 heavy (non-hydrogen) atoms. The average molecular weight is 550 g/mol. The summed E-state index contributed by atoms with van der Waals surface area (Å²) < 4.78 is 6.45. The predicted molar refractivity (Wildman–Crippen MR) is 140 cm³/mol. The van der Waals surface area contributed by atoms with Gasteiger partial charge in [0, 0.05) is 41.3 Å². The van der Waals surface area contributed by atoms with Crippen LogP contribution in [0.4, 0.5) is 4.79 Å². The second-order valence-electron chi connectivity index (χ2n) is 9.22. The summed E-state index contributed by atoms with van der Waals surface area (Å²) in [6.45, 7) is 1.95. The molecular weight excluding hydrogens is 522 g/mol. The van der Waals surface area contributed by atoms with Gasteiger partial charge in [0.25, 0.3) is 0 Å². The zero-order valence-corrected chi connectivity index (χ0v) is 21.4. The van der Waals surface area contributed by atoms with Gasteiger partial charge in [-0.1, -0.05) is 48.5 Å². The SMILES string of the molecule is O=C(NCCCN1CC[C@H](c2ccc(Br)cn2)[C@@H]1C(=O)O)OCC1c2ccccc2-c2ccccc21. The summed E-state index contributed by atoms with van der Waals surface area (Å²) in [4.78, 5) is 30.8. The maximum absolute atomic E-state index is 12.4. The van der Waals surface area contributed by atoms with E-state index in [9.17, 15) is 14.7 Å². The molecule has 2 heterocycles. The first-order chi connectivity index (χ1) is 17.5. The number of carbonyl (C=O) groups is 2. The van der Waals surface area contributed by atoms with Gasteiger partial charge < -0.3 is 15.2 Å². The Morgan fingerprint density at radius 3 is 2.39 bits per heavy atom. The highest BCUT2D eigenvalue weighted by Crippen LogP contribution is 2.44. The predicted octanol–water partition coefficient (Wildman–Crippen LogP) is 5.02. The first kappa shape index (κ1) is 24.5. The van der Waals surface area contributed by atoms with E-state index in [1.165, 1.54) is 22.3 Å². The number of fused-ring (bicyclic) bond motifs is 3. The van der Waals surface area contributed by atoms with Crippen molar-refractivity contribution >= 4 is 28.0 Å². The molecule has 5 rings (SSSR count). The van der Waals surface area contributed by atoms with E-state index in [4.69, 9.17) is 4.74 Å². The molecule has 7 nitrogen and oxygen atoms in total. The highest BCUT2D eigenvalue weighted by molar-refractivity contribution is 9.10. The number of pyridine rings is 1. The van der Waals surface area contributed by atoms with E-state index in [0.717, 1.165) is 16.6 Å². The first-order valence-corrected chi connectivity index (χ1v) is 13.0. The Hall–Kier alpha value is -3.23. The lowest BCUT2D eigenvalue weighted by atomic mass is 9.96. The third-order valence-electron chi connectivity index (χ3n) is 7.12. The lowest BCUT2D eigenvalue weighted by Gasteiger charge is -2.24. The van der Waals surface area contributed by atoms with Crippen LogP contribution in [-0.2, 0) is 9.53 Å². The van der Waals surface area contributed by atoms with Crippen LogP contribution in [0.3, 0.4) is 0 Å². The van der Waals surface area contributed by atoms with Crippen molar-refractivity contribution in [2.24, 2.45) is 0 Å². The van der Waals surface area contributed by atoms with E-state index in [1.807, 2.05) is 41.3 Å². The monoisotopic (exact) mass is 549 g/mol. The van der Waals surface area contributed by atoms with Gasteiger partial charge in [0.1, 0.15) is 12.6 Å². The number of carboxylic acids is 1. The summed E-state index contributed by atoms with van der Waals surface area (Å²) in [5.74, 6) is -0.967. The number of alkyl carbamates (subject to hydrolysis) is 1. The van der Waals surface area contributed by atoms with Crippen molar-refractivity contribution in [1.29, 1.82) is 0 Å². The number of hydrogen-bond acceptors (Lipinski definition) is 5. The number of nitrogens with zero attached hydrogens (tertiary/aromatic N) is 2. The zero-order valence-electron chi connectivity index (χ0n) is 19.8. The summed E-state index contributed by atoms with van der Waals surface area (Å²) >= 11 is 3.37. The number of amides is 1. The average Bonchev–Trinajstić information content (AvgIpc) is 3.45. The van der Waals surface area contributed by atoms with Crippen LogP contribution in [0.5, 0.6) is 0 Å². The Kier molecular flexibility index (Phi) is 7.34. The van der Waals surface area contributed by atoms with Crippen LogP contribution < -0.4 is 5.32 Å². The van der Waals surface area contributed by atoms with E-state index in [0.29, 0.717) is 26.1 Å². The van der Waals surface area contributed by atoms with E-state index in [-0.39, 0.29) is 18.4 Å². The van der Waals surface area contributed by atoms with Crippen LogP contribution in [0.15, 0.2) is 71.3 Å². The van der Waals surface area contributed by atoms with Crippen molar-refractivity contribution in [2.75, 3.05) is 26.2 Å². The molecule has 1 aliphatic heterocycles. The Balaban J connectivity index is 1.10. The number of carboxylic acid groups (broad SMARTS) is 1. The topological polar surface area (TPSA) is 91.8 Å². The standard InChI is InChI=1S/C28H28BrN3O4/c29-18-10-11-25(31-16-18)23-12-15-32(26(23)27(33)34)14-5-13-30-28(35)36-17-24-21-8-3-1-6-19(21)20-7-2-4-9-22(20)24/h1-4,6-11,16,23-24,26H,5,12-15,17H2,(H,30,35)(H,33,34)/t23-,26-/m1/s1. The number of hydrogen-bond donors (Lipinski definition) is 2. The van der Waals surface area contributed by atoms with E-state index in [2.05, 4.69) is 50.5 Å². The van der Waals surface area contributed by atoms with Crippen LogP contribution in [-0.4, -0.2) is 59.3 Å². The minimum Gasteiger partial charge on any atom is -0.480 e. The first-order valence-electron chi connectivity index (χ1n) is 12.2. The highest BCUT2D eigenvalue weighted by atomic mass is 79.9. The molecule has 1 aromatic heterocycles. The molecule has 0 bridgehead atoms. The van der Waals surface area contributed by atoms with Crippen molar-refractivity contribution in [3.8, 4) is 11.1 Å². The van der Waals surface area contributed by atoms with Crippen LogP contribution in [0.25, 0.3) is 11.1 Å². The maximum atomic E-state index is 12.4. The van der Waals surface area contributed by atoms with Gasteiger partial charge in [-0.3, -0.25) is 14.7 Å². The van der Waals surface area contributed by atoms with E-state index in [1.54, 1.807) is 6.20 Å². The molecule has 2 atom stereocenters. The summed E-state index contributed by atoms with van der Waals surface area (Å²) in [5, 5.41) is 12.7. The second kappa shape index (κ2) is 10.8. The third-order valence-corrected chi connectivity index (χ3v) is 7.59. The highest BCUT2D eigenvalue weighted by Gasteiger charge is 2.40. The molecule has 186 valence electrons. The molecule has 1 fully saturated rings. The second-order valence-corrected chi connectivity index (χ2v) is 10.1. The molecular formula is C28H28BrN3O4. The number of aliphatic carboxylic acids is 1. The fraction of sp³-hybridized carbons (Fsp3) is 0.321. The molecule has 8 heteroatoms. The molecule has 3 aromatic rings. The molecule has 1 aliphatic carbocycles. The quantitative estimate of drug-likeness (QED) is 0.383. The van der Waals surface area contributed by atoms with Crippen molar-refractivity contribution in [3.05, 3.63) is 88.2 Å². The Morgan fingerprint density at radius 1 is 1.06 bits per heavy atom. The minimum absolute atomic E-state index is 0.0215. The molecule has 0 saturated carbocycles. The Labute approximate surface area is 218 Å². The smallest absolute Gasteiger partial charge is 0.407 e. The number of halogens is 1. The van der Waals surface area contributed by atoms with E-state index < -0.39 is 18.1 Å². The number of carbonyl (C=O) groups excluding carboxylic acids is 1. The number of nitrogens with one attached hydrogen (secondary N) is 1. The molecule has 0 radical (unpaired) electrons. The Morgan fingerprint density at radius 2 is 1.75 bits per heavy atom. The summed E-state index contributed by atoms with van der Waals surface area (Å²) in [5.41, 5.74) is 5.53. The largest absolute Gasteiger partial charge is 0.480 e. The third kappa shape index (κ3) is 5.01. The summed E-state index contributed by atoms with van der Waals surface area (Å²) in [6, 6.07) is 19.6. The number of rotatable bonds is 8. The fourth-order valence-corrected chi connectivity index (χ4v) is 5.71. The molecule has 2 N–H and O–H groups in total. The lowest BCUT2D eigenvalue weighted by molar-refractivity contribution is -0.142. The van der Waals surface area contributed by atoms with Crippen LogP contribution in [0.1, 0.15) is 41.5 Å². The molecule has 0 spiro atoms. The van der Waals surface area contributed by atoms with Gasteiger partial charge in [-0.15, -0.1) is 0 Å².